The zero-order valence-electron chi connectivity index (χ0n) is 13.8. The third-order valence-electron chi connectivity index (χ3n) is 3.74. The van der Waals surface area contributed by atoms with Crippen molar-refractivity contribution in [2.75, 3.05) is 17.2 Å². The molecule has 0 radical (unpaired) electrons. The average Bonchev–Trinajstić information content (AvgIpc) is 2.60. The quantitative estimate of drug-likeness (QED) is 0.654. The number of halogens is 2. The van der Waals surface area contributed by atoms with Crippen molar-refractivity contribution in [1.82, 2.24) is 9.97 Å². The largest absolute Gasteiger partial charge is 0.370 e. The second kappa shape index (κ2) is 7.94. The number of aryl methyl sites for hydroxylation is 1. The summed E-state index contributed by atoms with van der Waals surface area (Å²) in [6.45, 7) is 2.52. The minimum Gasteiger partial charge on any atom is -0.370 e. The molecule has 1 aromatic heterocycles. The Morgan fingerprint density at radius 2 is 1.96 bits per heavy atom. The molecule has 0 atom stereocenters. The van der Waals surface area contributed by atoms with Crippen molar-refractivity contribution in [1.29, 1.82) is 0 Å². The SMILES string of the molecule is Cc1ccc(Nc2nccc(NCCc3ccccc3F)n2)cc1Cl. The van der Waals surface area contributed by atoms with Crippen LogP contribution in [0.5, 0.6) is 0 Å². The average molecular weight is 357 g/mol. The molecule has 3 aromatic rings. The van der Waals surface area contributed by atoms with E-state index in [-0.39, 0.29) is 5.82 Å². The van der Waals surface area contributed by atoms with Gasteiger partial charge in [0.05, 0.1) is 0 Å². The highest BCUT2D eigenvalue weighted by Gasteiger charge is 2.04. The molecule has 0 unspecified atom stereocenters. The summed E-state index contributed by atoms with van der Waals surface area (Å²) in [4.78, 5) is 8.61. The van der Waals surface area contributed by atoms with Crippen LogP contribution in [-0.2, 0) is 6.42 Å². The van der Waals surface area contributed by atoms with Gasteiger partial charge in [0.25, 0.3) is 0 Å². The van der Waals surface area contributed by atoms with Crippen LogP contribution in [0.15, 0.2) is 54.7 Å². The Balaban J connectivity index is 1.61. The van der Waals surface area contributed by atoms with Gasteiger partial charge in [-0.25, -0.2) is 9.37 Å². The van der Waals surface area contributed by atoms with E-state index in [0.717, 1.165) is 11.3 Å². The smallest absolute Gasteiger partial charge is 0.229 e. The maximum absolute atomic E-state index is 13.6. The van der Waals surface area contributed by atoms with Crippen molar-refractivity contribution >= 4 is 29.1 Å². The Kier molecular flexibility index (Phi) is 5.46. The first-order valence-corrected chi connectivity index (χ1v) is 8.33. The molecule has 0 saturated carbocycles. The number of hydrogen-bond acceptors (Lipinski definition) is 4. The van der Waals surface area contributed by atoms with E-state index in [0.29, 0.717) is 35.3 Å². The number of rotatable bonds is 6. The number of hydrogen-bond donors (Lipinski definition) is 2. The molecule has 0 aliphatic rings. The van der Waals surface area contributed by atoms with Crippen LogP contribution in [0, 0.1) is 12.7 Å². The van der Waals surface area contributed by atoms with Gasteiger partial charge in [-0.3, -0.25) is 0 Å². The van der Waals surface area contributed by atoms with Crippen LogP contribution in [0.2, 0.25) is 5.02 Å². The second-order valence-electron chi connectivity index (χ2n) is 5.62. The second-order valence-corrected chi connectivity index (χ2v) is 6.03. The minimum atomic E-state index is -0.189. The van der Waals surface area contributed by atoms with E-state index in [2.05, 4.69) is 20.6 Å². The number of nitrogens with zero attached hydrogens (tertiary/aromatic N) is 2. The molecular weight excluding hydrogens is 339 g/mol. The molecular formula is C19H18ClFN4. The maximum Gasteiger partial charge on any atom is 0.229 e. The Labute approximate surface area is 151 Å². The molecule has 3 rings (SSSR count). The van der Waals surface area contributed by atoms with Gasteiger partial charge in [0.15, 0.2) is 0 Å². The van der Waals surface area contributed by atoms with Crippen molar-refractivity contribution in [3.05, 3.63) is 76.7 Å². The molecule has 2 N–H and O–H groups in total. The molecule has 0 bridgehead atoms. The first kappa shape index (κ1) is 17.2. The lowest BCUT2D eigenvalue weighted by atomic mass is 10.1. The summed E-state index contributed by atoms with van der Waals surface area (Å²) in [5, 5.41) is 6.99. The fraction of sp³-hybridized carbons (Fsp3) is 0.158. The van der Waals surface area contributed by atoms with Crippen molar-refractivity contribution in [2.45, 2.75) is 13.3 Å². The van der Waals surface area contributed by atoms with Gasteiger partial charge in [-0.15, -0.1) is 0 Å². The highest BCUT2D eigenvalue weighted by Crippen LogP contribution is 2.22. The summed E-state index contributed by atoms with van der Waals surface area (Å²) in [7, 11) is 0. The zero-order valence-corrected chi connectivity index (χ0v) is 14.5. The lowest BCUT2D eigenvalue weighted by Gasteiger charge is -2.09. The lowest BCUT2D eigenvalue weighted by molar-refractivity contribution is 0.610. The number of benzene rings is 2. The molecule has 0 aliphatic carbocycles. The molecule has 2 aromatic carbocycles. The van der Waals surface area contributed by atoms with E-state index in [9.17, 15) is 4.39 Å². The first-order valence-electron chi connectivity index (χ1n) is 7.95. The predicted octanol–water partition coefficient (Wildman–Crippen LogP) is 4.98. The van der Waals surface area contributed by atoms with Crippen molar-refractivity contribution in [3.8, 4) is 0 Å². The Morgan fingerprint density at radius 1 is 1.12 bits per heavy atom. The number of anilines is 3. The van der Waals surface area contributed by atoms with Crippen molar-refractivity contribution in [2.24, 2.45) is 0 Å². The molecule has 25 heavy (non-hydrogen) atoms. The molecule has 0 spiro atoms. The van der Waals surface area contributed by atoms with Gasteiger partial charge in [0.1, 0.15) is 11.6 Å². The zero-order chi connectivity index (χ0) is 17.6. The Bertz CT molecular complexity index is 870. The lowest BCUT2D eigenvalue weighted by Crippen LogP contribution is -2.08. The summed E-state index contributed by atoms with van der Waals surface area (Å²) < 4.78 is 13.6. The van der Waals surface area contributed by atoms with E-state index < -0.39 is 0 Å². The Morgan fingerprint density at radius 3 is 2.76 bits per heavy atom. The van der Waals surface area contributed by atoms with E-state index in [1.165, 1.54) is 6.07 Å². The minimum absolute atomic E-state index is 0.189. The van der Waals surface area contributed by atoms with Crippen LogP contribution in [0.3, 0.4) is 0 Å². The van der Waals surface area contributed by atoms with Gasteiger partial charge >= 0.3 is 0 Å². The van der Waals surface area contributed by atoms with Gasteiger partial charge in [0, 0.05) is 23.5 Å². The topological polar surface area (TPSA) is 49.8 Å². The van der Waals surface area contributed by atoms with Gasteiger partial charge in [0.2, 0.25) is 5.95 Å². The van der Waals surface area contributed by atoms with Crippen LogP contribution >= 0.6 is 11.6 Å². The summed E-state index contributed by atoms with van der Waals surface area (Å²) in [5.41, 5.74) is 2.51. The van der Waals surface area contributed by atoms with E-state index >= 15 is 0 Å². The molecule has 1 heterocycles. The van der Waals surface area contributed by atoms with Crippen LogP contribution in [-0.4, -0.2) is 16.5 Å². The van der Waals surface area contributed by atoms with E-state index in [4.69, 9.17) is 11.6 Å². The molecule has 4 nitrogen and oxygen atoms in total. The normalized spacial score (nSPS) is 10.5. The molecule has 6 heteroatoms. The highest BCUT2D eigenvalue weighted by atomic mass is 35.5. The number of aromatic nitrogens is 2. The summed E-state index contributed by atoms with van der Waals surface area (Å²) in [6.07, 6.45) is 2.24. The first-order chi connectivity index (χ1) is 12.1. The fourth-order valence-corrected chi connectivity index (χ4v) is 2.52. The van der Waals surface area contributed by atoms with Gasteiger partial charge in [-0.1, -0.05) is 35.9 Å². The van der Waals surface area contributed by atoms with Crippen molar-refractivity contribution in [3.63, 3.8) is 0 Å². The molecule has 0 amide bonds. The monoisotopic (exact) mass is 356 g/mol. The van der Waals surface area contributed by atoms with Gasteiger partial charge < -0.3 is 10.6 Å². The summed E-state index contributed by atoms with van der Waals surface area (Å²) >= 11 is 6.13. The molecule has 0 aliphatic heterocycles. The maximum atomic E-state index is 13.6. The van der Waals surface area contributed by atoms with Crippen LogP contribution in [0.25, 0.3) is 0 Å². The van der Waals surface area contributed by atoms with Crippen molar-refractivity contribution < 1.29 is 4.39 Å². The molecule has 0 saturated heterocycles. The van der Waals surface area contributed by atoms with E-state index in [1.54, 1.807) is 24.4 Å². The van der Waals surface area contributed by atoms with Crippen LogP contribution < -0.4 is 10.6 Å². The van der Waals surface area contributed by atoms with Gasteiger partial charge in [-0.2, -0.15) is 4.98 Å². The van der Waals surface area contributed by atoms with E-state index in [1.807, 2.05) is 31.2 Å². The molecule has 128 valence electrons. The molecule has 0 fully saturated rings. The third kappa shape index (κ3) is 4.67. The summed E-state index contributed by atoms with van der Waals surface area (Å²) in [6, 6.07) is 14.2. The highest BCUT2D eigenvalue weighted by molar-refractivity contribution is 6.31. The number of nitrogens with one attached hydrogen (secondary N) is 2. The predicted molar refractivity (Wildman–Crippen MR) is 100 cm³/mol. The standard InChI is InChI=1S/C19H18ClFN4/c1-13-6-7-15(12-16(13)20)24-19-23-11-9-18(25-19)22-10-8-14-4-2-3-5-17(14)21/h2-7,9,11-12H,8,10H2,1H3,(H2,22,23,24,25). The fourth-order valence-electron chi connectivity index (χ4n) is 2.34. The summed E-state index contributed by atoms with van der Waals surface area (Å²) in [5.74, 6) is 0.952. The van der Waals surface area contributed by atoms with Crippen LogP contribution in [0.4, 0.5) is 21.8 Å². The van der Waals surface area contributed by atoms with Crippen LogP contribution in [0.1, 0.15) is 11.1 Å². The Hall–Kier alpha value is -2.66. The third-order valence-corrected chi connectivity index (χ3v) is 4.15. The van der Waals surface area contributed by atoms with Gasteiger partial charge in [-0.05, 0) is 48.7 Å².